The highest BCUT2D eigenvalue weighted by molar-refractivity contribution is 6.32. The lowest BCUT2D eigenvalue weighted by Gasteiger charge is -2.11. The summed E-state index contributed by atoms with van der Waals surface area (Å²) in [7, 11) is 1.54. The van der Waals surface area contributed by atoms with Crippen molar-refractivity contribution < 1.29 is 14.3 Å². The summed E-state index contributed by atoms with van der Waals surface area (Å²) in [6, 6.07) is 8.64. The molecule has 4 nitrogen and oxygen atoms in total. The van der Waals surface area contributed by atoms with E-state index in [9.17, 15) is 4.79 Å². The van der Waals surface area contributed by atoms with Gasteiger partial charge in [-0.25, -0.2) is 4.98 Å². The molecule has 0 saturated heterocycles. The standard InChI is InChI=1S/C14H12ClNO3/c1-18-14-11(5-3-7-16-14)9-19-13-10(8-17)4-2-6-12(13)15/h2-8H,9H2,1H3. The molecular formula is C14H12ClNO3. The third-order valence-corrected chi connectivity index (χ3v) is 2.84. The summed E-state index contributed by atoms with van der Waals surface area (Å²) in [6.45, 7) is 0.224. The maximum Gasteiger partial charge on any atom is 0.219 e. The number of benzene rings is 1. The predicted molar refractivity (Wildman–Crippen MR) is 72.0 cm³/mol. The molecule has 0 amide bonds. The minimum absolute atomic E-state index is 0.224. The van der Waals surface area contributed by atoms with E-state index in [4.69, 9.17) is 21.1 Å². The first-order valence-corrected chi connectivity index (χ1v) is 5.98. The van der Waals surface area contributed by atoms with Gasteiger partial charge in [0.2, 0.25) is 5.88 Å². The normalized spacial score (nSPS) is 10.0. The van der Waals surface area contributed by atoms with E-state index >= 15 is 0 Å². The van der Waals surface area contributed by atoms with Crippen LogP contribution >= 0.6 is 11.6 Å². The fourth-order valence-corrected chi connectivity index (χ4v) is 1.87. The van der Waals surface area contributed by atoms with E-state index in [-0.39, 0.29) is 6.61 Å². The Morgan fingerprint density at radius 1 is 1.32 bits per heavy atom. The van der Waals surface area contributed by atoms with Gasteiger partial charge in [0, 0.05) is 6.20 Å². The molecule has 19 heavy (non-hydrogen) atoms. The molecule has 0 aliphatic heterocycles. The van der Waals surface area contributed by atoms with Crippen LogP contribution in [0.25, 0.3) is 0 Å². The van der Waals surface area contributed by atoms with Crippen LogP contribution in [-0.2, 0) is 6.61 Å². The highest BCUT2D eigenvalue weighted by Gasteiger charge is 2.10. The third kappa shape index (κ3) is 3.03. The number of halogens is 1. The van der Waals surface area contributed by atoms with Gasteiger partial charge < -0.3 is 9.47 Å². The van der Waals surface area contributed by atoms with Crippen LogP contribution in [0.3, 0.4) is 0 Å². The molecule has 2 rings (SSSR count). The van der Waals surface area contributed by atoms with E-state index in [1.54, 1.807) is 30.5 Å². The van der Waals surface area contributed by atoms with Crippen molar-refractivity contribution in [1.29, 1.82) is 0 Å². The molecule has 5 heteroatoms. The van der Waals surface area contributed by atoms with Crippen molar-refractivity contribution in [2.75, 3.05) is 7.11 Å². The number of rotatable bonds is 5. The van der Waals surface area contributed by atoms with Crippen LogP contribution in [0.5, 0.6) is 11.6 Å². The van der Waals surface area contributed by atoms with Gasteiger partial charge in [-0.05, 0) is 24.3 Å². The van der Waals surface area contributed by atoms with Gasteiger partial charge in [0.05, 0.1) is 23.3 Å². The van der Waals surface area contributed by atoms with E-state index < -0.39 is 0 Å². The predicted octanol–water partition coefficient (Wildman–Crippen LogP) is 3.14. The van der Waals surface area contributed by atoms with Crippen LogP contribution in [0.1, 0.15) is 15.9 Å². The Hall–Kier alpha value is -2.07. The third-order valence-electron chi connectivity index (χ3n) is 2.54. The van der Waals surface area contributed by atoms with Crippen molar-refractivity contribution in [1.82, 2.24) is 4.98 Å². The first kappa shape index (κ1) is 13.4. The zero-order valence-electron chi connectivity index (χ0n) is 10.3. The van der Waals surface area contributed by atoms with Crippen LogP contribution in [0.4, 0.5) is 0 Å². The Morgan fingerprint density at radius 2 is 2.16 bits per heavy atom. The number of hydrogen-bond donors (Lipinski definition) is 0. The number of ether oxygens (including phenoxy) is 2. The molecule has 0 aliphatic rings. The monoisotopic (exact) mass is 277 g/mol. The smallest absolute Gasteiger partial charge is 0.219 e. The van der Waals surface area contributed by atoms with Gasteiger partial charge in [-0.15, -0.1) is 0 Å². The molecular weight excluding hydrogens is 266 g/mol. The summed E-state index contributed by atoms with van der Waals surface area (Å²) in [5, 5.41) is 0.396. The van der Waals surface area contributed by atoms with Crippen LogP contribution in [0, 0.1) is 0 Å². The fraction of sp³-hybridized carbons (Fsp3) is 0.143. The van der Waals surface area contributed by atoms with Crippen molar-refractivity contribution in [3.8, 4) is 11.6 Å². The van der Waals surface area contributed by atoms with E-state index in [1.165, 1.54) is 7.11 Å². The maximum absolute atomic E-state index is 10.9. The molecule has 0 atom stereocenters. The van der Waals surface area contributed by atoms with Crippen molar-refractivity contribution >= 4 is 17.9 Å². The van der Waals surface area contributed by atoms with Gasteiger partial charge in [-0.2, -0.15) is 0 Å². The van der Waals surface area contributed by atoms with E-state index in [0.29, 0.717) is 28.5 Å². The maximum atomic E-state index is 10.9. The number of nitrogens with zero attached hydrogens (tertiary/aromatic N) is 1. The van der Waals surface area contributed by atoms with Crippen LogP contribution in [0.15, 0.2) is 36.5 Å². The van der Waals surface area contributed by atoms with Crippen molar-refractivity contribution in [3.05, 3.63) is 52.7 Å². The molecule has 0 aliphatic carbocycles. The molecule has 0 saturated carbocycles. The molecule has 1 aromatic carbocycles. The zero-order chi connectivity index (χ0) is 13.7. The zero-order valence-corrected chi connectivity index (χ0v) is 11.1. The number of aromatic nitrogens is 1. The van der Waals surface area contributed by atoms with Gasteiger partial charge in [-0.1, -0.05) is 17.7 Å². The largest absolute Gasteiger partial charge is 0.486 e. The molecule has 0 fully saturated rings. The Kier molecular flexibility index (Phi) is 4.36. The molecule has 0 spiro atoms. The topological polar surface area (TPSA) is 48.4 Å². The van der Waals surface area contributed by atoms with Crippen LogP contribution < -0.4 is 9.47 Å². The lowest BCUT2D eigenvalue weighted by atomic mass is 10.2. The van der Waals surface area contributed by atoms with E-state index in [0.717, 1.165) is 5.56 Å². The Morgan fingerprint density at radius 3 is 2.89 bits per heavy atom. The average Bonchev–Trinajstić information content (AvgIpc) is 2.46. The van der Waals surface area contributed by atoms with Gasteiger partial charge in [0.25, 0.3) is 0 Å². The quantitative estimate of drug-likeness (QED) is 0.788. The van der Waals surface area contributed by atoms with Gasteiger partial charge in [-0.3, -0.25) is 4.79 Å². The number of methoxy groups -OCH3 is 1. The Labute approximate surface area is 115 Å². The summed E-state index contributed by atoms with van der Waals surface area (Å²) in [6.07, 6.45) is 2.34. The highest BCUT2D eigenvalue weighted by Crippen LogP contribution is 2.29. The molecule has 0 bridgehead atoms. The number of carbonyl (C=O) groups excluding carboxylic acids is 1. The molecule has 0 unspecified atom stereocenters. The van der Waals surface area contributed by atoms with Crippen LogP contribution in [-0.4, -0.2) is 18.4 Å². The summed E-state index contributed by atoms with van der Waals surface area (Å²) in [4.78, 5) is 15.0. The lowest BCUT2D eigenvalue weighted by molar-refractivity contribution is 0.111. The second-order valence-corrected chi connectivity index (χ2v) is 4.14. The van der Waals surface area contributed by atoms with E-state index in [2.05, 4.69) is 4.98 Å². The number of pyridine rings is 1. The van der Waals surface area contributed by atoms with Gasteiger partial charge >= 0.3 is 0 Å². The highest BCUT2D eigenvalue weighted by atomic mass is 35.5. The van der Waals surface area contributed by atoms with Crippen LogP contribution in [0.2, 0.25) is 5.02 Å². The second kappa shape index (κ2) is 6.20. The first-order valence-electron chi connectivity index (χ1n) is 5.60. The number of carbonyl (C=O) groups is 1. The lowest BCUT2D eigenvalue weighted by Crippen LogP contribution is -2.02. The fourth-order valence-electron chi connectivity index (χ4n) is 1.64. The summed E-state index contributed by atoms with van der Waals surface area (Å²) < 4.78 is 10.7. The number of para-hydroxylation sites is 1. The van der Waals surface area contributed by atoms with Gasteiger partial charge in [0.15, 0.2) is 6.29 Å². The minimum atomic E-state index is 0.224. The average molecular weight is 278 g/mol. The molecule has 0 N–H and O–H groups in total. The van der Waals surface area contributed by atoms with Crippen molar-refractivity contribution in [2.45, 2.75) is 6.61 Å². The molecule has 0 radical (unpaired) electrons. The Balaban J connectivity index is 2.21. The van der Waals surface area contributed by atoms with Gasteiger partial charge in [0.1, 0.15) is 12.4 Å². The Bertz CT molecular complexity index is 587. The SMILES string of the molecule is COc1ncccc1COc1c(Cl)cccc1C=O. The number of aldehydes is 1. The summed E-state index contributed by atoms with van der Waals surface area (Å²) in [5.41, 5.74) is 1.19. The summed E-state index contributed by atoms with van der Waals surface area (Å²) in [5.74, 6) is 0.854. The summed E-state index contributed by atoms with van der Waals surface area (Å²) >= 11 is 6.02. The van der Waals surface area contributed by atoms with Crippen molar-refractivity contribution in [2.24, 2.45) is 0 Å². The first-order chi connectivity index (χ1) is 9.26. The minimum Gasteiger partial charge on any atom is -0.486 e. The molecule has 98 valence electrons. The number of hydrogen-bond acceptors (Lipinski definition) is 4. The second-order valence-electron chi connectivity index (χ2n) is 3.74. The molecule has 2 aromatic rings. The molecule has 1 heterocycles. The van der Waals surface area contributed by atoms with E-state index in [1.807, 2.05) is 6.07 Å². The van der Waals surface area contributed by atoms with Crippen molar-refractivity contribution in [3.63, 3.8) is 0 Å². The molecule has 1 aromatic heterocycles.